The Bertz CT molecular complexity index is 168. The van der Waals surface area contributed by atoms with Crippen LogP contribution in [0.15, 0.2) is 0 Å². The Balaban J connectivity index is 0.000000487. The van der Waals surface area contributed by atoms with Gasteiger partial charge >= 0.3 is 0 Å². The van der Waals surface area contributed by atoms with Gasteiger partial charge < -0.3 is 5.11 Å². The average molecular weight is 228 g/mol. The van der Waals surface area contributed by atoms with Gasteiger partial charge in [0.15, 0.2) is 0 Å². The minimum atomic E-state index is 0.319. The van der Waals surface area contributed by atoms with Crippen molar-refractivity contribution >= 4 is 0 Å². The van der Waals surface area contributed by atoms with E-state index in [1.165, 1.54) is 38.5 Å². The Hall–Kier alpha value is -0.0400. The summed E-state index contributed by atoms with van der Waals surface area (Å²) in [5.41, 5.74) is 1.21. The van der Waals surface area contributed by atoms with E-state index in [1.54, 1.807) is 0 Å². The lowest BCUT2D eigenvalue weighted by Crippen LogP contribution is -2.38. The fourth-order valence-corrected chi connectivity index (χ4v) is 2.74. The minimum Gasteiger partial charge on any atom is -0.396 e. The van der Waals surface area contributed by atoms with E-state index in [9.17, 15) is 0 Å². The molecule has 1 nitrogen and oxygen atoms in total. The third-order valence-corrected chi connectivity index (χ3v) is 4.44. The standard InChI is InChI=1S/C12H24.C3H8O/c1-5-8-12(4)10-7-6-9-11(12,2)3;1-2-3-4/h5-10H2,1-4H3;4H,2-3H2,1H3. The first-order valence-electron chi connectivity index (χ1n) is 7.04. The second-order valence-electron chi connectivity index (χ2n) is 6.13. The second kappa shape index (κ2) is 7.32. The molecule has 16 heavy (non-hydrogen) atoms. The average Bonchev–Trinajstić information content (AvgIpc) is 2.24. The quantitative estimate of drug-likeness (QED) is 0.737. The highest BCUT2D eigenvalue weighted by atomic mass is 16.2. The summed E-state index contributed by atoms with van der Waals surface area (Å²) in [6.07, 6.45) is 9.43. The van der Waals surface area contributed by atoms with Crippen molar-refractivity contribution in [3.63, 3.8) is 0 Å². The number of rotatable bonds is 3. The largest absolute Gasteiger partial charge is 0.396 e. The highest BCUT2D eigenvalue weighted by Gasteiger charge is 2.41. The Kier molecular flexibility index (Phi) is 7.30. The Labute approximate surface area is 103 Å². The van der Waals surface area contributed by atoms with Crippen LogP contribution in [0.2, 0.25) is 0 Å². The molecule has 0 amide bonds. The van der Waals surface area contributed by atoms with Crippen LogP contribution in [0, 0.1) is 10.8 Å². The van der Waals surface area contributed by atoms with Crippen LogP contribution < -0.4 is 0 Å². The van der Waals surface area contributed by atoms with Crippen molar-refractivity contribution in [2.45, 2.75) is 79.6 Å². The van der Waals surface area contributed by atoms with Crippen LogP contribution in [-0.2, 0) is 0 Å². The summed E-state index contributed by atoms with van der Waals surface area (Å²) in [7, 11) is 0. The molecule has 1 rings (SSSR count). The molecule has 98 valence electrons. The zero-order valence-electron chi connectivity index (χ0n) is 12.1. The number of hydrogen-bond acceptors (Lipinski definition) is 1. The molecular formula is C15H32O. The molecule has 0 aromatic rings. The molecule has 0 bridgehead atoms. The summed E-state index contributed by atoms with van der Waals surface area (Å²) in [4.78, 5) is 0. The van der Waals surface area contributed by atoms with Crippen LogP contribution in [0.3, 0.4) is 0 Å². The molecule has 1 heteroatoms. The lowest BCUT2D eigenvalue weighted by molar-refractivity contribution is 0.0242. The third-order valence-electron chi connectivity index (χ3n) is 4.44. The molecule has 1 aliphatic carbocycles. The number of aliphatic hydroxyl groups excluding tert-OH is 1. The van der Waals surface area contributed by atoms with E-state index in [1.807, 2.05) is 6.92 Å². The highest BCUT2D eigenvalue weighted by Crippen LogP contribution is 2.52. The van der Waals surface area contributed by atoms with E-state index in [0.29, 0.717) is 17.4 Å². The molecule has 0 aliphatic heterocycles. The normalized spacial score (nSPS) is 28.1. The van der Waals surface area contributed by atoms with Gasteiger partial charge in [-0.05, 0) is 36.5 Å². The van der Waals surface area contributed by atoms with Gasteiger partial charge in [0.1, 0.15) is 0 Å². The molecule has 0 saturated heterocycles. The first-order valence-corrected chi connectivity index (χ1v) is 7.04. The zero-order chi connectivity index (χ0) is 12.7. The van der Waals surface area contributed by atoms with Crippen LogP contribution in [0.25, 0.3) is 0 Å². The molecule has 1 saturated carbocycles. The first kappa shape index (κ1) is 16.0. The van der Waals surface area contributed by atoms with Crippen LogP contribution in [0.4, 0.5) is 0 Å². The monoisotopic (exact) mass is 228 g/mol. The summed E-state index contributed by atoms with van der Waals surface area (Å²) >= 11 is 0. The maximum Gasteiger partial charge on any atom is 0.0428 e. The lowest BCUT2D eigenvalue weighted by Gasteiger charge is -2.48. The van der Waals surface area contributed by atoms with E-state index in [4.69, 9.17) is 5.11 Å². The van der Waals surface area contributed by atoms with Gasteiger partial charge in [0.2, 0.25) is 0 Å². The maximum atomic E-state index is 7.88. The van der Waals surface area contributed by atoms with Crippen molar-refractivity contribution in [1.29, 1.82) is 0 Å². The molecule has 0 radical (unpaired) electrons. The van der Waals surface area contributed by atoms with Crippen LogP contribution in [0.5, 0.6) is 0 Å². The van der Waals surface area contributed by atoms with E-state index in [0.717, 1.165) is 6.42 Å². The zero-order valence-corrected chi connectivity index (χ0v) is 12.1. The summed E-state index contributed by atoms with van der Waals surface area (Å²) in [6, 6.07) is 0. The molecule has 1 aliphatic rings. The topological polar surface area (TPSA) is 20.2 Å². The van der Waals surface area contributed by atoms with Crippen molar-refractivity contribution < 1.29 is 5.11 Å². The third kappa shape index (κ3) is 4.45. The summed E-state index contributed by atoms with van der Waals surface area (Å²) < 4.78 is 0. The van der Waals surface area contributed by atoms with Crippen molar-refractivity contribution in [2.24, 2.45) is 10.8 Å². The molecule has 1 atom stereocenters. The molecule has 1 fully saturated rings. The molecular weight excluding hydrogens is 196 g/mol. The van der Waals surface area contributed by atoms with Gasteiger partial charge in [0, 0.05) is 6.61 Å². The van der Waals surface area contributed by atoms with Gasteiger partial charge in [-0.2, -0.15) is 0 Å². The summed E-state index contributed by atoms with van der Waals surface area (Å²) in [5, 5.41) is 7.88. The second-order valence-corrected chi connectivity index (χ2v) is 6.13. The fraction of sp³-hybridized carbons (Fsp3) is 1.00. The minimum absolute atomic E-state index is 0.319. The van der Waals surface area contributed by atoms with Gasteiger partial charge in [-0.25, -0.2) is 0 Å². The van der Waals surface area contributed by atoms with Crippen molar-refractivity contribution in [3.05, 3.63) is 0 Å². The molecule has 1 N–H and O–H groups in total. The Morgan fingerprint density at radius 1 is 0.938 bits per heavy atom. The van der Waals surface area contributed by atoms with E-state index in [-0.39, 0.29) is 0 Å². The van der Waals surface area contributed by atoms with Gasteiger partial charge in [0.05, 0.1) is 0 Å². The number of aliphatic hydroxyl groups is 1. The van der Waals surface area contributed by atoms with Crippen LogP contribution in [-0.4, -0.2) is 11.7 Å². The van der Waals surface area contributed by atoms with Crippen LogP contribution >= 0.6 is 0 Å². The van der Waals surface area contributed by atoms with Gasteiger partial charge in [-0.3, -0.25) is 0 Å². The van der Waals surface area contributed by atoms with E-state index in [2.05, 4.69) is 27.7 Å². The van der Waals surface area contributed by atoms with Crippen molar-refractivity contribution in [3.8, 4) is 0 Å². The molecule has 0 aromatic heterocycles. The summed E-state index contributed by atoms with van der Waals surface area (Å²) in [5.74, 6) is 0. The highest BCUT2D eigenvalue weighted by molar-refractivity contribution is 4.92. The fourth-order valence-electron chi connectivity index (χ4n) is 2.74. The van der Waals surface area contributed by atoms with Gasteiger partial charge in [0.25, 0.3) is 0 Å². The summed E-state index contributed by atoms with van der Waals surface area (Å²) in [6.45, 7) is 12.0. The van der Waals surface area contributed by atoms with Crippen LogP contribution in [0.1, 0.15) is 79.6 Å². The Morgan fingerprint density at radius 2 is 1.44 bits per heavy atom. The molecule has 0 spiro atoms. The first-order chi connectivity index (χ1) is 7.43. The number of hydrogen-bond donors (Lipinski definition) is 1. The van der Waals surface area contributed by atoms with E-state index >= 15 is 0 Å². The molecule has 1 unspecified atom stereocenters. The SMILES string of the molecule is CCCC1(C)CCCCC1(C)C.CCCO. The predicted octanol–water partition coefficient (Wildman–Crippen LogP) is 4.78. The molecule has 0 heterocycles. The van der Waals surface area contributed by atoms with Gasteiger partial charge in [-0.1, -0.05) is 53.9 Å². The van der Waals surface area contributed by atoms with Gasteiger partial charge in [-0.15, -0.1) is 0 Å². The Morgan fingerprint density at radius 3 is 1.81 bits per heavy atom. The van der Waals surface area contributed by atoms with E-state index < -0.39 is 0 Å². The predicted molar refractivity (Wildman–Crippen MR) is 72.6 cm³/mol. The van der Waals surface area contributed by atoms with Crippen molar-refractivity contribution in [1.82, 2.24) is 0 Å². The smallest absolute Gasteiger partial charge is 0.0428 e. The lowest BCUT2D eigenvalue weighted by atomic mass is 9.57. The van der Waals surface area contributed by atoms with Crippen molar-refractivity contribution in [2.75, 3.05) is 6.61 Å². The molecule has 0 aromatic carbocycles. The maximum absolute atomic E-state index is 7.88.